The number of thioether (sulfide) groups is 1. The summed E-state index contributed by atoms with van der Waals surface area (Å²) >= 11 is 6.73. The largest absolute Gasteiger partial charge is 0.301 e. The minimum Gasteiger partial charge on any atom is -0.301 e. The molecule has 7 heteroatoms. The molecule has 4 nitrogen and oxygen atoms in total. The van der Waals surface area contributed by atoms with Crippen LogP contribution in [-0.2, 0) is 24.3 Å². The van der Waals surface area contributed by atoms with Gasteiger partial charge in [-0.3, -0.25) is 9.69 Å². The monoisotopic (exact) mass is 501 g/mol. The Kier molecular flexibility index (Phi) is 6.93. The highest BCUT2D eigenvalue weighted by Gasteiger charge is 2.21. The van der Waals surface area contributed by atoms with Crippen molar-refractivity contribution in [3.8, 4) is 0 Å². The standard InChI is InChI=1S/C23H24BrN3OS2/c1-15-11-20(16(2)10-18(15)24)29-14-22(28)26-23-25-19-8-9-27(13-21(19)30-23)12-17-6-4-3-5-7-17/h3-7,10-11H,8-9,12-14H2,1-2H3,(H,25,26,28). The topological polar surface area (TPSA) is 45.2 Å². The number of nitrogens with zero attached hydrogens (tertiary/aromatic N) is 2. The average molecular weight is 503 g/mol. The third-order valence-electron chi connectivity index (χ3n) is 5.12. The van der Waals surface area contributed by atoms with E-state index in [0.717, 1.165) is 46.2 Å². The Morgan fingerprint density at radius 2 is 2.03 bits per heavy atom. The van der Waals surface area contributed by atoms with Crippen LogP contribution in [0.15, 0.2) is 51.8 Å². The maximum atomic E-state index is 12.5. The molecule has 2 heterocycles. The molecule has 1 N–H and O–H groups in total. The second-order valence-electron chi connectivity index (χ2n) is 7.54. The Morgan fingerprint density at radius 1 is 1.23 bits per heavy atom. The zero-order chi connectivity index (χ0) is 21.1. The zero-order valence-corrected chi connectivity index (χ0v) is 20.3. The van der Waals surface area contributed by atoms with Crippen molar-refractivity contribution >= 4 is 50.1 Å². The molecule has 30 heavy (non-hydrogen) atoms. The lowest BCUT2D eigenvalue weighted by atomic mass is 10.1. The number of fused-ring (bicyclic) bond motifs is 1. The van der Waals surface area contributed by atoms with Gasteiger partial charge in [0.2, 0.25) is 5.91 Å². The van der Waals surface area contributed by atoms with Crippen molar-refractivity contribution in [3.63, 3.8) is 0 Å². The number of anilines is 1. The Hall–Kier alpha value is -1.67. The Morgan fingerprint density at radius 3 is 2.83 bits per heavy atom. The summed E-state index contributed by atoms with van der Waals surface area (Å²) < 4.78 is 1.10. The molecule has 0 atom stereocenters. The average Bonchev–Trinajstić information content (AvgIpc) is 3.12. The number of halogens is 1. The molecular formula is C23H24BrN3OS2. The molecule has 0 spiro atoms. The minimum atomic E-state index is -0.00721. The van der Waals surface area contributed by atoms with E-state index in [4.69, 9.17) is 0 Å². The number of carbonyl (C=O) groups excluding carboxylic acids is 1. The highest BCUT2D eigenvalue weighted by Crippen LogP contribution is 2.31. The lowest BCUT2D eigenvalue weighted by Gasteiger charge is -2.25. The number of hydrogen-bond acceptors (Lipinski definition) is 5. The van der Waals surface area contributed by atoms with Gasteiger partial charge < -0.3 is 5.32 Å². The Labute approximate surface area is 194 Å². The summed E-state index contributed by atoms with van der Waals surface area (Å²) in [6.07, 6.45) is 0.931. The number of carbonyl (C=O) groups is 1. The number of benzene rings is 2. The summed E-state index contributed by atoms with van der Waals surface area (Å²) in [5, 5.41) is 3.72. The van der Waals surface area contributed by atoms with E-state index in [1.807, 2.05) is 6.07 Å². The van der Waals surface area contributed by atoms with Crippen LogP contribution in [-0.4, -0.2) is 28.1 Å². The number of aromatic nitrogens is 1. The van der Waals surface area contributed by atoms with Crippen LogP contribution < -0.4 is 5.32 Å². The van der Waals surface area contributed by atoms with Crippen molar-refractivity contribution in [1.82, 2.24) is 9.88 Å². The number of rotatable bonds is 6. The molecule has 0 radical (unpaired) electrons. The van der Waals surface area contributed by atoms with E-state index >= 15 is 0 Å². The SMILES string of the molecule is Cc1cc(SCC(=O)Nc2nc3c(s2)CN(Cc2ccccc2)CC3)c(C)cc1Br. The van der Waals surface area contributed by atoms with Gasteiger partial charge in [0.1, 0.15) is 0 Å². The highest BCUT2D eigenvalue weighted by atomic mass is 79.9. The number of amides is 1. The molecule has 0 unspecified atom stereocenters. The third-order valence-corrected chi connectivity index (χ3v) is 8.13. The van der Waals surface area contributed by atoms with Crippen molar-refractivity contribution in [2.45, 2.75) is 38.3 Å². The van der Waals surface area contributed by atoms with Gasteiger partial charge in [0.15, 0.2) is 5.13 Å². The van der Waals surface area contributed by atoms with Gasteiger partial charge in [-0.1, -0.05) is 46.3 Å². The molecule has 0 bridgehead atoms. The summed E-state index contributed by atoms with van der Waals surface area (Å²) in [6.45, 7) is 6.97. The summed E-state index contributed by atoms with van der Waals surface area (Å²) in [7, 11) is 0. The molecule has 4 rings (SSSR count). The summed E-state index contributed by atoms with van der Waals surface area (Å²) in [5.41, 5.74) is 4.81. The normalized spacial score (nSPS) is 13.8. The van der Waals surface area contributed by atoms with Crippen molar-refractivity contribution in [3.05, 3.63) is 74.2 Å². The molecule has 1 aliphatic rings. The van der Waals surface area contributed by atoms with E-state index in [0.29, 0.717) is 5.75 Å². The molecule has 3 aromatic rings. The Bertz CT molecular complexity index is 1050. The fourth-order valence-electron chi connectivity index (χ4n) is 3.49. The molecule has 0 aliphatic carbocycles. The van der Waals surface area contributed by atoms with Gasteiger partial charge in [0.05, 0.1) is 11.4 Å². The lowest BCUT2D eigenvalue weighted by Crippen LogP contribution is -2.29. The molecule has 0 saturated heterocycles. The predicted molar refractivity (Wildman–Crippen MR) is 129 cm³/mol. The van der Waals surface area contributed by atoms with Gasteiger partial charge in [-0.2, -0.15) is 0 Å². The highest BCUT2D eigenvalue weighted by molar-refractivity contribution is 9.10. The van der Waals surface area contributed by atoms with Crippen molar-refractivity contribution in [1.29, 1.82) is 0 Å². The van der Waals surface area contributed by atoms with Crippen LogP contribution >= 0.6 is 39.0 Å². The first-order valence-corrected chi connectivity index (χ1v) is 12.5. The molecular weight excluding hydrogens is 478 g/mol. The van der Waals surface area contributed by atoms with E-state index in [1.54, 1.807) is 23.1 Å². The van der Waals surface area contributed by atoms with Crippen molar-refractivity contribution in [2.75, 3.05) is 17.6 Å². The van der Waals surface area contributed by atoms with Crippen LogP contribution in [0.25, 0.3) is 0 Å². The number of hydrogen-bond donors (Lipinski definition) is 1. The third kappa shape index (κ3) is 5.32. The molecule has 0 fully saturated rings. The van der Waals surface area contributed by atoms with E-state index in [-0.39, 0.29) is 5.91 Å². The minimum absolute atomic E-state index is 0.00721. The van der Waals surface area contributed by atoms with Crippen LogP contribution in [0.4, 0.5) is 5.13 Å². The van der Waals surface area contributed by atoms with E-state index in [2.05, 4.69) is 81.4 Å². The van der Waals surface area contributed by atoms with Crippen LogP contribution in [0.5, 0.6) is 0 Å². The lowest BCUT2D eigenvalue weighted by molar-refractivity contribution is -0.113. The Balaban J connectivity index is 1.33. The van der Waals surface area contributed by atoms with Gasteiger partial charge in [0.25, 0.3) is 0 Å². The first-order chi connectivity index (χ1) is 14.5. The quantitative estimate of drug-likeness (QED) is 0.432. The first-order valence-electron chi connectivity index (χ1n) is 9.92. The van der Waals surface area contributed by atoms with Gasteiger partial charge in [-0.05, 0) is 42.7 Å². The second-order valence-corrected chi connectivity index (χ2v) is 10.5. The summed E-state index contributed by atoms with van der Waals surface area (Å²) in [6, 6.07) is 14.8. The van der Waals surface area contributed by atoms with E-state index in [1.165, 1.54) is 21.6 Å². The number of aryl methyl sites for hydroxylation is 2. The fraction of sp³-hybridized carbons (Fsp3) is 0.304. The molecule has 2 aromatic carbocycles. The summed E-state index contributed by atoms with van der Waals surface area (Å²) in [4.78, 5) is 22.0. The maximum Gasteiger partial charge on any atom is 0.236 e. The van der Waals surface area contributed by atoms with Crippen molar-refractivity contribution in [2.24, 2.45) is 0 Å². The van der Waals surface area contributed by atoms with Crippen LogP contribution in [0.2, 0.25) is 0 Å². The zero-order valence-electron chi connectivity index (χ0n) is 17.1. The fourth-order valence-corrected chi connectivity index (χ4v) is 5.92. The first kappa shape index (κ1) is 21.6. The maximum absolute atomic E-state index is 12.5. The predicted octanol–water partition coefficient (Wildman–Crippen LogP) is 5.81. The van der Waals surface area contributed by atoms with Crippen molar-refractivity contribution < 1.29 is 4.79 Å². The molecule has 1 amide bonds. The van der Waals surface area contributed by atoms with Gasteiger partial charge in [-0.25, -0.2) is 4.98 Å². The van der Waals surface area contributed by atoms with E-state index in [9.17, 15) is 4.79 Å². The smallest absolute Gasteiger partial charge is 0.236 e. The van der Waals surface area contributed by atoms with Crippen LogP contribution in [0.3, 0.4) is 0 Å². The van der Waals surface area contributed by atoms with Gasteiger partial charge in [-0.15, -0.1) is 23.1 Å². The molecule has 0 saturated carbocycles. The number of thiazole rings is 1. The van der Waals surface area contributed by atoms with Gasteiger partial charge in [0, 0.05) is 40.3 Å². The number of nitrogens with one attached hydrogen (secondary N) is 1. The van der Waals surface area contributed by atoms with Gasteiger partial charge >= 0.3 is 0 Å². The van der Waals surface area contributed by atoms with Crippen LogP contribution in [0, 0.1) is 13.8 Å². The molecule has 156 valence electrons. The van der Waals surface area contributed by atoms with E-state index < -0.39 is 0 Å². The molecule has 1 aliphatic heterocycles. The molecule has 1 aromatic heterocycles. The second kappa shape index (κ2) is 9.64. The van der Waals surface area contributed by atoms with Crippen LogP contribution in [0.1, 0.15) is 27.3 Å². The summed E-state index contributed by atoms with van der Waals surface area (Å²) in [5.74, 6) is 0.374.